The molecule has 6 N–H and O–H groups in total. The van der Waals surface area contributed by atoms with Crippen molar-refractivity contribution in [3.63, 3.8) is 0 Å². The second kappa shape index (κ2) is 5.07. The molecule has 0 aromatic rings. The Morgan fingerprint density at radius 2 is 1.21 bits per heavy atom. The van der Waals surface area contributed by atoms with E-state index in [1.807, 2.05) is 0 Å². The fourth-order valence-electron chi connectivity index (χ4n) is 0.499. The summed E-state index contributed by atoms with van der Waals surface area (Å²) in [5.41, 5.74) is 9.21. The Morgan fingerprint density at radius 1 is 0.929 bits per heavy atom. The van der Waals surface area contributed by atoms with Gasteiger partial charge in [0.05, 0.1) is 0 Å². The molecule has 0 aliphatic carbocycles. The molecule has 78 valence electrons. The summed E-state index contributed by atoms with van der Waals surface area (Å²) < 4.78 is 0. The molecule has 14 heavy (non-hydrogen) atoms. The summed E-state index contributed by atoms with van der Waals surface area (Å²) in [5, 5.41) is 1.68. The summed E-state index contributed by atoms with van der Waals surface area (Å²) in [6.07, 6.45) is 0. The number of rotatable bonds is 2. The van der Waals surface area contributed by atoms with Crippen LogP contribution in [-0.4, -0.2) is 29.1 Å². The zero-order valence-corrected chi connectivity index (χ0v) is 7.71. The molecule has 0 bridgehead atoms. The van der Waals surface area contributed by atoms with Gasteiger partial charge in [-0.2, -0.15) is 12.6 Å². The SMILES string of the molecule is NC(=O)NC(=O)C(S)C(=O)NC(N)=O. The molecular weight excluding hydrogens is 212 g/mol. The molecule has 0 saturated carbocycles. The molecule has 0 radical (unpaired) electrons. The van der Waals surface area contributed by atoms with E-state index < -0.39 is 29.1 Å². The topological polar surface area (TPSA) is 144 Å². The van der Waals surface area contributed by atoms with E-state index in [-0.39, 0.29) is 0 Å². The van der Waals surface area contributed by atoms with Crippen LogP contribution in [0.3, 0.4) is 0 Å². The second-order valence-corrected chi connectivity index (χ2v) is 2.63. The fraction of sp³-hybridized carbons (Fsp3) is 0.200. The predicted octanol–water partition coefficient (Wildman–Crippen LogP) is -2.33. The number of hydrogen-bond acceptors (Lipinski definition) is 5. The van der Waals surface area contributed by atoms with Gasteiger partial charge in [-0.15, -0.1) is 0 Å². The Morgan fingerprint density at radius 3 is 1.43 bits per heavy atom. The maximum Gasteiger partial charge on any atom is 0.318 e. The van der Waals surface area contributed by atoms with Gasteiger partial charge in [-0.1, -0.05) is 0 Å². The van der Waals surface area contributed by atoms with Crippen LogP contribution < -0.4 is 22.1 Å². The first-order valence-corrected chi connectivity index (χ1v) is 3.75. The van der Waals surface area contributed by atoms with Crippen molar-refractivity contribution in [2.24, 2.45) is 11.5 Å². The molecule has 0 aromatic carbocycles. The van der Waals surface area contributed by atoms with Crippen molar-refractivity contribution in [3.05, 3.63) is 0 Å². The van der Waals surface area contributed by atoms with Crippen molar-refractivity contribution in [1.29, 1.82) is 0 Å². The van der Waals surface area contributed by atoms with Crippen LogP contribution in [0.25, 0.3) is 0 Å². The second-order valence-electron chi connectivity index (χ2n) is 2.11. The molecule has 0 saturated heterocycles. The molecule has 8 nitrogen and oxygen atoms in total. The predicted molar refractivity (Wildman–Crippen MR) is 48.2 cm³/mol. The minimum Gasteiger partial charge on any atom is -0.351 e. The van der Waals surface area contributed by atoms with E-state index in [2.05, 4.69) is 24.1 Å². The maximum absolute atomic E-state index is 10.9. The third-order valence-electron chi connectivity index (χ3n) is 0.989. The van der Waals surface area contributed by atoms with E-state index in [1.54, 1.807) is 10.6 Å². The Bertz CT molecular complexity index is 263. The van der Waals surface area contributed by atoms with Crippen LogP contribution >= 0.6 is 12.6 Å². The number of primary amides is 2. The number of nitrogens with two attached hydrogens (primary N) is 2. The summed E-state index contributed by atoms with van der Waals surface area (Å²) in [7, 11) is 0. The third kappa shape index (κ3) is 4.30. The van der Waals surface area contributed by atoms with Crippen molar-refractivity contribution in [1.82, 2.24) is 10.6 Å². The molecule has 0 fully saturated rings. The van der Waals surface area contributed by atoms with Gasteiger partial charge in [0.15, 0.2) is 5.25 Å². The molecule has 0 aliphatic heterocycles. The normalized spacial score (nSPS) is 9.29. The van der Waals surface area contributed by atoms with Gasteiger partial charge >= 0.3 is 12.1 Å². The lowest BCUT2D eigenvalue weighted by molar-refractivity contribution is -0.127. The van der Waals surface area contributed by atoms with Gasteiger partial charge in [-0.3, -0.25) is 20.2 Å². The van der Waals surface area contributed by atoms with Gasteiger partial charge in [0.25, 0.3) is 0 Å². The fourth-order valence-corrected chi connectivity index (χ4v) is 0.628. The van der Waals surface area contributed by atoms with Gasteiger partial charge in [0.1, 0.15) is 0 Å². The lowest BCUT2D eigenvalue weighted by atomic mass is 10.3. The Balaban J connectivity index is 4.24. The lowest BCUT2D eigenvalue weighted by Gasteiger charge is -2.07. The highest BCUT2D eigenvalue weighted by molar-refractivity contribution is 7.82. The lowest BCUT2D eigenvalue weighted by Crippen LogP contribution is -2.48. The van der Waals surface area contributed by atoms with Gasteiger partial charge in [-0.05, 0) is 0 Å². The van der Waals surface area contributed by atoms with Crippen molar-refractivity contribution >= 4 is 36.5 Å². The Labute approximate surface area is 83.8 Å². The maximum atomic E-state index is 10.9. The highest BCUT2D eigenvalue weighted by Gasteiger charge is 2.24. The van der Waals surface area contributed by atoms with Crippen LogP contribution in [0, 0.1) is 0 Å². The highest BCUT2D eigenvalue weighted by atomic mass is 32.1. The molecule has 0 rings (SSSR count). The molecule has 0 atom stereocenters. The molecule has 0 spiro atoms. The van der Waals surface area contributed by atoms with E-state index in [1.165, 1.54) is 0 Å². The molecule has 0 unspecified atom stereocenters. The quantitative estimate of drug-likeness (QED) is 0.262. The molecule has 9 heteroatoms. The molecule has 0 heterocycles. The summed E-state index contributed by atoms with van der Waals surface area (Å²) in [6, 6.07) is -2.25. The first-order valence-electron chi connectivity index (χ1n) is 3.23. The zero-order chi connectivity index (χ0) is 11.3. The van der Waals surface area contributed by atoms with Crippen LogP contribution in [-0.2, 0) is 9.59 Å². The minimum atomic E-state index is -1.53. The number of carbonyl (C=O) groups excluding carboxylic acids is 4. The number of urea groups is 2. The number of amides is 6. The number of carbonyl (C=O) groups is 4. The average molecular weight is 220 g/mol. The van der Waals surface area contributed by atoms with Crippen LogP contribution in [0.15, 0.2) is 0 Å². The number of thiol groups is 1. The van der Waals surface area contributed by atoms with E-state index in [0.717, 1.165) is 0 Å². The standard InChI is InChI=1S/C5H8N4O4S/c6-4(12)8-2(10)1(14)3(11)9-5(7)13/h1,14H,(H3,6,8,10,12)(H3,7,9,11,13). The zero-order valence-electron chi connectivity index (χ0n) is 6.81. The van der Waals surface area contributed by atoms with Gasteiger partial charge in [-0.25, -0.2) is 9.59 Å². The van der Waals surface area contributed by atoms with Crippen LogP contribution in [0.1, 0.15) is 0 Å². The summed E-state index contributed by atoms with van der Waals surface area (Å²) in [6.45, 7) is 0. The van der Waals surface area contributed by atoms with Crippen molar-refractivity contribution in [3.8, 4) is 0 Å². The molecule has 0 aromatic heterocycles. The highest BCUT2D eigenvalue weighted by Crippen LogP contribution is 1.94. The summed E-state index contributed by atoms with van der Waals surface area (Å²) in [4.78, 5) is 42.1. The van der Waals surface area contributed by atoms with Crippen molar-refractivity contribution in [2.45, 2.75) is 5.25 Å². The Kier molecular flexibility index (Phi) is 4.43. The minimum absolute atomic E-state index is 1.04. The van der Waals surface area contributed by atoms with Gasteiger partial charge in [0.2, 0.25) is 11.8 Å². The van der Waals surface area contributed by atoms with E-state index in [0.29, 0.717) is 0 Å². The largest absolute Gasteiger partial charge is 0.351 e. The number of imide groups is 2. The Hall–Kier alpha value is -1.77. The van der Waals surface area contributed by atoms with E-state index >= 15 is 0 Å². The average Bonchev–Trinajstić information content (AvgIpc) is 2.00. The van der Waals surface area contributed by atoms with E-state index in [4.69, 9.17) is 0 Å². The molecular formula is C5H8N4O4S. The third-order valence-corrected chi connectivity index (χ3v) is 1.46. The number of nitrogens with one attached hydrogen (secondary N) is 2. The first kappa shape index (κ1) is 12.2. The number of hydrogen-bond donors (Lipinski definition) is 5. The van der Waals surface area contributed by atoms with Crippen molar-refractivity contribution in [2.75, 3.05) is 0 Å². The smallest absolute Gasteiger partial charge is 0.318 e. The van der Waals surface area contributed by atoms with Crippen LogP contribution in [0.2, 0.25) is 0 Å². The monoisotopic (exact) mass is 220 g/mol. The van der Waals surface area contributed by atoms with Gasteiger partial charge < -0.3 is 11.5 Å². The van der Waals surface area contributed by atoms with Crippen molar-refractivity contribution < 1.29 is 19.2 Å². The van der Waals surface area contributed by atoms with Crippen LogP contribution in [0.4, 0.5) is 9.59 Å². The summed E-state index contributed by atoms with van der Waals surface area (Å²) in [5.74, 6) is -2.08. The van der Waals surface area contributed by atoms with Crippen LogP contribution in [0.5, 0.6) is 0 Å². The molecule has 6 amide bonds. The van der Waals surface area contributed by atoms with E-state index in [9.17, 15) is 19.2 Å². The van der Waals surface area contributed by atoms with Gasteiger partial charge in [0, 0.05) is 0 Å². The first-order chi connectivity index (χ1) is 6.34. The molecule has 0 aliphatic rings. The summed E-state index contributed by atoms with van der Waals surface area (Å²) >= 11 is 3.53.